The first-order chi connectivity index (χ1) is 15.5. The Hall–Kier alpha value is -3.88. The zero-order chi connectivity index (χ0) is 22.2. The zero-order valence-corrected chi connectivity index (χ0v) is 17.1. The number of carbonyl (C=O) groups excluding carboxylic acids is 2. The van der Waals surface area contributed by atoms with Crippen molar-refractivity contribution in [3.8, 4) is 0 Å². The molecule has 32 heavy (non-hydrogen) atoms. The Morgan fingerprint density at radius 3 is 2.47 bits per heavy atom. The fourth-order valence-corrected chi connectivity index (χ4v) is 4.67. The number of benzene rings is 1. The van der Waals surface area contributed by atoms with E-state index in [2.05, 4.69) is 15.3 Å². The van der Waals surface area contributed by atoms with Gasteiger partial charge >= 0.3 is 0 Å². The van der Waals surface area contributed by atoms with E-state index >= 15 is 0 Å². The molecular formula is C23H20FN5O3. The summed E-state index contributed by atoms with van der Waals surface area (Å²) in [6, 6.07) is 8.56. The summed E-state index contributed by atoms with van der Waals surface area (Å²) in [5, 5.41) is 2.88. The molecule has 2 amide bonds. The Balaban J connectivity index is 1.45. The van der Waals surface area contributed by atoms with Gasteiger partial charge in [-0.05, 0) is 42.7 Å². The average Bonchev–Trinajstić information content (AvgIpc) is 2.81. The van der Waals surface area contributed by atoms with Crippen molar-refractivity contribution >= 4 is 17.5 Å². The van der Waals surface area contributed by atoms with Gasteiger partial charge in [-0.25, -0.2) is 14.4 Å². The predicted molar refractivity (Wildman–Crippen MR) is 114 cm³/mol. The number of pyridine rings is 1. The maximum Gasteiger partial charge on any atom is 0.258 e. The SMILES string of the molecule is O=C(Nc1ccc(=O)n2c1[C@@H]1C[C@H](CN(C(=O)c3ccc(F)cc3)C1)C2)c1cncnc1. The van der Waals surface area contributed by atoms with E-state index in [1.54, 1.807) is 15.5 Å². The Morgan fingerprint density at radius 1 is 0.969 bits per heavy atom. The first-order valence-corrected chi connectivity index (χ1v) is 10.3. The number of likely N-dealkylation sites (tertiary alicyclic amines) is 1. The van der Waals surface area contributed by atoms with Crippen molar-refractivity contribution in [3.63, 3.8) is 0 Å². The Labute approximate surface area is 182 Å². The van der Waals surface area contributed by atoms with Crippen molar-refractivity contribution in [1.29, 1.82) is 0 Å². The van der Waals surface area contributed by atoms with Crippen LogP contribution in [0.4, 0.5) is 10.1 Å². The van der Waals surface area contributed by atoms with Crippen molar-refractivity contribution in [2.24, 2.45) is 5.92 Å². The van der Waals surface area contributed by atoms with Gasteiger partial charge < -0.3 is 14.8 Å². The maximum absolute atomic E-state index is 13.3. The number of nitrogens with one attached hydrogen (secondary N) is 1. The molecule has 0 radical (unpaired) electrons. The number of nitrogens with zero attached hydrogens (tertiary/aromatic N) is 4. The van der Waals surface area contributed by atoms with Crippen LogP contribution in [0.25, 0.3) is 0 Å². The highest BCUT2D eigenvalue weighted by Gasteiger charge is 2.38. The van der Waals surface area contributed by atoms with Gasteiger partial charge in [0.05, 0.1) is 11.3 Å². The van der Waals surface area contributed by atoms with E-state index in [0.29, 0.717) is 36.4 Å². The molecule has 1 N–H and O–H groups in total. The minimum Gasteiger partial charge on any atom is -0.338 e. The Bertz CT molecular complexity index is 1240. The average molecular weight is 433 g/mol. The smallest absolute Gasteiger partial charge is 0.258 e. The number of piperidine rings is 1. The standard InChI is InChI=1S/C23H20FN5O3/c24-18-3-1-15(2-4-18)23(32)28-10-14-7-16(12-28)21-19(5-6-20(30)29(21)11-14)27-22(31)17-8-25-13-26-9-17/h1-6,8-9,13-14,16H,7,10-12H2,(H,27,31)/t14-,16-/m1/s1. The van der Waals surface area contributed by atoms with Crippen LogP contribution >= 0.6 is 0 Å². The first-order valence-electron chi connectivity index (χ1n) is 10.3. The van der Waals surface area contributed by atoms with E-state index in [1.165, 1.54) is 49.1 Å². The normalized spacial score (nSPS) is 19.2. The van der Waals surface area contributed by atoms with E-state index in [0.717, 1.165) is 12.1 Å². The lowest BCUT2D eigenvalue weighted by atomic mass is 9.82. The number of amides is 2. The number of hydrogen-bond acceptors (Lipinski definition) is 5. The highest BCUT2D eigenvalue weighted by atomic mass is 19.1. The zero-order valence-electron chi connectivity index (χ0n) is 17.1. The minimum atomic E-state index is -0.394. The van der Waals surface area contributed by atoms with Crippen LogP contribution in [0.1, 0.15) is 38.7 Å². The molecule has 5 rings (SSSR count). The van der Waals surface area contributed by atoms with E-state index in [1.807, 2.05) is 0 Å². The summed E-state index contributed by atoms with van der Waals surface area (Å²) in [7, 11) is 0. The summed E-state index contributed by atoms with van der Waals surface area (Å²) in [6.45, 7) is 1.40. The monoisotopic (exact) mass is 433 g/mol. The number of halogens is 1. The van der Waals surface area contributed by atoms with Crippen molar-refractivity contribution < 1.29 is 14.0 Å². The van der Waals surface area contributed by atoms with Gasteiger partial charge in [-0.2, -0.15) is 0 Å². The molecule has 0 saturated carbocycles. The molecule has 2 aliphatic heterocycles. The van der Waals surface area contributed by atoms with Gasteiger partial charge in [0.1, 0.15) is 12.1 Å². The molecule has 8 nitrogen and oxygen atoms in total. The second-order valence-corrected chi connectivity index (χ2v) is 8.18. The molecular weight excluding hydrogens is 413 g/mol. The maximum atomic E-state index is 13.3. The third-order valence-corrected chi connectivity index (χ3v) is 6.04. The number of rotatable bonds is 3. The molecule has 9 heteroatoms. The highest BCUT2D eigenvalue weighted by molar-refractivity contribution is 6.04. The van der Waals surface area contributed by atoms with E-state index < -0.39 is 5.82 Å². The van der Waals surface area contributed by atoms with Gasteiger partial charge in [-0.1, -0.05) is 0 Å². The van der Waals surface area contributed by atoms with Crippen LogP contribution in [0.5, 0.6) is 0 Å². The van der Waals surface area contributed by atoms with Gasteiger partial charge in [0.25, 0.3) is 17.4 Å². The quantitative estimate of drug-likeness (QED) is 0.684. The molecule has 2 aromatic heterocycles. The summed E-state index contributed by atoms with van der Waals surface area (Å²) in [6.07, 6.45) is 5.00. The predicted octanol–water partition coefficient (Wildman–Crippen LogP) is 2.29. The van der Waals surface area contributed by atoms with Gasteiger partial charge in [-0.3, -0.25) is 14.4 Å². The number of anilines is 1. The highest BCUT2D eigenvalue weighted by Crippen LogP contribution is 2.39. The Kier molecular flexibility index (Phi) is 5.01. The van der Waals surface area contributed by atoms with Crippen LogP contribution in [-0.4, -0.2) is 44.3 Å². The van der Waals surface area contributed by atoms with Crippen molar-refractivity contribution in [2.45, 2.75) is 18.9 Å². The third-order valence-electron chi connectivity index (χ3n) is 6.04. The first kappa shape index (κ1) is 20.0. The molecule has 162 valence electrons. The van der Waals surface area contributed by atoms with Gasteiger partial charge in [-0.15, -0.1) is 0 Å². The largest absolute Gasteiger partial charge is 0.338 e. The van der Waals surface area contributed by atoms with Crippen LogP contribution in [0, 0.1) is 11.7 Å². The van der Waals surface area contributed by atoms with Crippen LogP contribution in [0.2, 0.25) is 0 Å². The molecule has 1 fully saturated rings. The van der Waals surface area contributed by atoms with E-state index in [4.69, 9.17) is 0 Å². The van der Waals surface area contributed by atoms with Crippen molar-refractivity contribution in [2.75, 3.05) is 18.4 Å². The fraction of sp³-hybridized carbons (Fsp3) is 0.261. The van der Waals surface area contributed by atoms with Crippen LogP contribution < -0.4 is 10.9 Å². The van der Waals surface area contributed by atoms with Gasteiger partial charge in [0.2, 0.25) is 0 Å². The van der Waals surface area contributed by atoms with Gasteiger partial charge in [0.15, 0.2) is 0 Å². The summed E-state index contributed by atoms with van der Waals surface area (Å²) in [4.78, 5) is 47.8. The van der Waals surface area contributed by atoms with Crippen molar-refractivity contribution in [1.82, 2.24) is 19.4 Å². The molecule has 2 bridgehead atoms. The summed E-state index contributed by atoms with van der Waals surface area (Å²) < 4.78 is 15.0. The van der Waals surface area contributed by atoms with Crippen molar-refractivity contribution in [3.05, 3.63) is 88.1 Å². The second-order valence-electron chi connectivity index (χ2n) is 8.18. The number of fused-ring (bicyclic) bond motifs is 4. The molecule has 4 heterocycles. The molecule has 1 aromatic carbocycles. The van der Waals surface area contributed by atoms with E-state index in [9.17, 15) is 18.8 Å². The number of carbonyl (C=O) groups is 2. The summed E-state index contributed by atoms with van der Waals surface area (Å²) in [5.74, 6) is -0.919. The number of aromatic nitrogens is 3. The molecule has 2 aliphatic rings. The number of hydrogen-bond donors (Lipinski definition) is 1. The second kappa shape index (κ2) is 7.99. The minimum absolute atomic E-state index is 0.108. The van der Waals surface area contributed by atoms with E-state index in [-0.39, 0.29) is 29.2 Å². The molecule has 3 aromatic rings. The van der Waals surface area contributed by atoms with Crippen LogP contribution in [0.15, 0.2) is 59.9 Å². The lowest BCUT2D eigenvalue weighted by Gasteiger charge is -2.43. The molecule has 1 saturated heterocycles. The molecule has 0 unspecified atom stereocenters. The topological polar surface area (TPSA) is 97.2 Å². The molecule has 2 atom stereocenters. The lowest BCUT2D eigenvalue weighted by Crippen LogP contribution is -2.49. The van der Waals surface area contributed by atoms with Gasteiger partial charge in [0, 0.05) is 55.3 Å². The Morgan fingerprint density at radius 2 is 1.72 bits per heavy atom. The van der Waals surface area contributed by atoms with Crippen LogP contribution in [-0.2, 0) is 6.54 Å². The molecule has 0 spiro atoms. The van der Waals surface area contributed by atoms with Crippen LogP contribution in [0.3, 0.4) is 0 Å². The lowest BCUT2D eigenvalue weighted by molar-refractivity contribution is 0.0595. The summed E-state index contributed by atoms with van der Waals surface area (Å²) >= 11 is 0. The molecule has 0 aliphatic carbocycles. The third kappa shape index (κ3) is 3.66. The fourth-order valence-electron chi connectivity index (χ4n) is 4.67. The summed E-state index contributed by atoms with van der Waals surface area (Å²) in [5.41, 5.74) is 1.86.